The molecule has 1 aliphatic heterocycles. The summed E-state index contributed by atoms with van der Waals surface area (Å²) in [5, 5.41) is 4.77. The molecular weight excluding hydrogens is 452 g/mol. The first-order valence-electron chi connectivity index (χ1n) is 11.3. The molecule has 5 heterocycles. The molecule has 0 radical (unpaired) electrons. The molecule has 1 N–H and O–H groups in total. The van der Waals surface area contributed by atoms with E-state index in [1.807, 2.05) is 29.8 Å². The fourth-order valence-electron chi connectivity index (χ4n) is 4.28. The van der Waals surface area contributed by atoms with Gasteiger partial charge >= 0.3 is 0 Å². The van der Waals surface area contributed by atoms with Gasteiger partial charge in [0.25, 0.3) is 5.56 Å². The van der Waals surface area contributed by atoms with E-state index in [-0.39, 0.29) is 11.6 Å². The first-order valence-corrected chi connectivity index (χ1v) is 13.1. The Hall–Kier alpha value is -2.62. The van der Waals surface area contributed by atoms with E-state index in [1.165, 1.54) is 0 Å². The highest BCUT2D eigenvalue weighted by Crippen LogP contribution is 2.34. The van der Waals surface area contributed by atoms with Gasteiger partial charge in [-0.1, -0.05) is 19.9 Å². The van der Waals surface area contributed by atoms with Crippen molar-refractivity contribution in [3.63, 3.8) is 0 Å². The van der Waals surface area contributed by atoms with Crippen LogP contribution in [0.3, 0.4) is 0 Å². The number of aromatic nitrogens is 4. The van der Waals surface area contributed by atoms with Crippen molar-refractivity contribution in [3.05, 3.63) is 56.7 Å². The molecule has 1 aliphatic rings. The van der Waals surface area contributed by atoms with Crippen LogP contribution in [0.2, 0.25) is 0 Å². The minimum Gasteiger partial charge on any atom is -0.354 e. The van der Waals surface area contributed by atoms with Crippen molar-refractivity contribution in [1.29, 1.82) is 0 Å². The number of rotatable bonds is 5. The number of nitrogens with one attached hydrogen (secondary N) is 1. The van der Waals surface area contributed by atoms with Gasteiger partial charge in [-0.3, -0.25) is 9.69 Å². The number of aryl methyl sites for hydroxylation is 1. The number of thiophene rings is 2. The number of fused-ring (bicyclic) bond motifs is 1. The Bertz CT molecular complexity index is 1320. The smallest absolute Gasteiger partial charge is 0.260 e. The van der Waals surface area contributed by atoms with Gasteiger partial charge in [-0.25, -0.2) is 15.0 Å². The maximum atomic E-state index is 13.0. The Morgan fingerprint density at radius 2 is 1.85 bits per heavy atom. The lowest BCUT2D eigenvalue weighted by molar-refractivity contribution is 0.191. The van der Waals surface area contributed by atoms with Gasteiger partial charge in [0.05, 0.1) is 11.4 Å². The average molecular weight is 481 g/mol. The standard InChI is InChI=1S/C24H28N6OS2/c1-14(2)21-25-15(3)12-19(26-21)30-9-7-29(8-10-30)16(4)22-27-23(31)20-17(13-33-24(20)28-22)18-6-5-11-32-18/h5-6,11-14,16H,7-10H2,1-4H3,(H,27,28,31). The van der Waals surface area contributed by atoms with Crippen molar-refractivity contribution in [2.45, 2.75) is 39.7 Å². The molecular formula is C24H28N6OS2. The number of aromatic amines is 1. The molecule has 1 unspecified atom stereocenters. The van der Waals surface area contributed by atoms with E-state index in [4.69, 9.17) is 9.97 Å². The van der Waals surface area contributed by atoms with Crippen LogP contribution < -0.4 is 10.5 Å². The monoisotopic (exact) mass is 480 g/mol. The zero-order chi connectivity index (χ0) is 23.1. The highest BCUT2D eigenvalue weighted by Gasteiger charge is 2.26. The zero-order valence-corrected chi connectivity index (χ0v) is 21.0. The summed E-state index contributed by atoms with van der Waals surface area (Å²) in [6, 6.07) is 6.16. The highest BCUT2D eigenvalue weighted by atomic mass is 32.1. The third-order valence-corrected chi connectivity index (χ3v) is 7.98. The molecule has 4 aromatic heterocycles. The molecule has 0 aromatic carbocycles. The molecule has 1 atom stereocenters. The van der Waals surface area contributed by atoms with Crippen molar-refractivity contribution in [2.24, 2.45) is 0 Å². The Kier molecular flexibility index (Phi) is 6.03. The van der Waals surface area contributed by atoms with Crippen LogP contribution in [-0.2, 0) is 0 Å². The summed E-state index contributed by atoms with van der Waals surface area (Å²) in [5.74, 6) is 2.95. The Morgan fingerprint density at radius 3 is 2.55 bits per heavy atom. The Morgan fingerprint density at radius 1 is 1.06 bits per heavy atom. The van der Waals surface area contributed by atoms with Crippen molar-refractivity contribution >= 4 is 38.7 Å². The van der Waals surface area contributed by atoms with E-state index in [0.29, 0.717) is 11.3 Å². The van der Waals surface area contributed by atoms with Crippen LogP contribution >= 0.6 is 22.7 Å². The van der Waals surface area contributed by atoms with Crippen molar-refractivity contribution in [1.82, 2.24) is 24.8 Å². The summed E-state index contributed by atoms with van der Waals surface area (Å²) in [5.41, 5.74) is 1.93. The van der Waals surface area contributed by atoms with Gasteiger partial charge in [0, 0.05) is 59.7 Å². The van der Waals surface area contributed by atoms with Gasteiger partial charge in [-0.05, 0) is 25.3 Å². The SMILES string of the molecule is Cc1cc(N2CCN(C(C)c3nc4scc(-c5cccs5)c4c(=O)[nH]3)CC2)nc(C(C)C)n1. The van der Waals surface area contributed by atoms with Gasteiger partial charge in [0.15, 0.2) is 0 Å². The molecule has 7 nitrogen and oxygen atoms in total. The first kappa shape index (κ1) is 22.2. The van der Waals surface area contributed by atoms with E-state index in [0.717, 1.165) is 64.6 Å². The van der Waals surface area contributed by atoms with Gasteiger partial charge in [-0.2, -0.15) is 0 Å². The predicted octanol–water partition coefficient (Wildman–Crippen LogP) is 4.82. The number of H-pyrrole nitrogens is 1. The summed E-state index contributed by atoms with van der Waals surface area (Å²) in [6.45, 7) is 11.9. The number of piperazine rings is 1. The highest BCUT2D eigenvalue weighted by molar-refractivity contribution is 7.18. The number of hydrogen-bond acceptors (Lipinski definition) is 8. The number of hydrogen-bond donors (Lipinski definition) is 1. The molecule has 172 valence electrons. The van der Waals surface area contributed by atoms with Gasteiger partial charge in [0.2, 0.25) is 0 Å². The fourth-order valence-corrected chi connectivity index (χ4v) is 6.05. The first-order chi connectivity index (χ1) is 15.9. The van der Waals surface area contributed by atoms with Gasteiger partial charge in [-0.15, -0.1) is 22.7 Å². The third-order valence-electron chi connectivity index (χ3n) is 6.20. The second-order valence-electron chi connectivity index (χ2n) is 8.84. The fraction of sp³-hybridized carbons (Fsp3) is 0.417. The average Bonchev–Trinajstić information content (AvgIpc) is 3.48. The van der Waals surface area contributed by atoms with E-state index >= 15 is 0 Å². The summed E-state index contributed by atoms with van der Waals surface area (Å²) in [4.78, 5) is 36.9. The summed E-state index contributed by atoms with van der Waals surface area (Å²) in [7, 11) is 0. The minimum atomic E-state index is -0.0530. The van der Waals surface area contributed by atoms with Crippen molar-refractivity contribution < 1.29 is 0 Å². The molecule has 1 saturated heterocycles. The molecule has 1 fully saturated rings. The van der Waals surface area contributed by atoms with E-state index in [1.54, 1.807) is 22.7 Å². The van der Waals surface area contributed by atoms with Gasteiger partial charge in [0.1, 0.15) is 22.3 Å². The van der Waals surface area contributed by atoms with Crippen LogP contribution in [-0.4, -0.2) is 51.0 Å². The van der Waals surface area contributed by atoms with Crippen LogP contribution in [0, 0.1) is 6.92 Å². The largest absolute Gasteiger partial charge is 0.354 e. The lowest BCUT2D eigenvalue weighted by Gasteiger charge is -2.38. The summed E-state index contributed by atoms with van der Waals surface area (Å²) < 4.78 is 0. The summed E-state index contributed by atoms with van der Waals surface area (Å²) >= 11 is 3.18. The molecule has 33 heavy (non-hydrogen) atoms. The molecule has 0 saturated carbocycles. The van der Waals surface area contributed by atoms with Crippen LogP contribution in [0.1, 0.15) is 50.1 Å². The van der Waals surface area contributed by atoms with Crippen LogP contribution in [0.25, 0.3) is 20.7 Å². The summed E-state index contributed by atoms with van der Waals surface area (Å²) in [6.07, 6.45) is 0. The molecule has 9 heteroatoms. The molecule has 4 aromatic rings. The Labute approximate surface area is 201 Å². The molecule has 0 amide bonds. The maximum Gasteiger partial charge on any atom is 0.260 e. The number of anilines is 1. The molecule has 5 rings (SSSR count). The maximum absolute atomic E-state index is 13.0. The van der Waals surface area contributed by atoms with Crippen LogP contribution in [0.5, 0.6) is 0 Å². The quantitative estimate of drug-likeness (QED) is 0.441. The predicted molar refractivity (Wildman–Crippen MR) is 137 cm³/mol. The number of nitrogens with zero attached hydrogens (tertiary/aromatic N) is 5. The molecule has 0 aliphatic carbocycles. The van der Waals surface area contributed by atoms with Crippen molar-refractivity contribution in [2.75, 3.05) is 31.1 Å². The zero-order valence-electron chi connectivity index (χ0n) is 19.3. The molecule has 0 bridgehead atoms. The second-order valence-corrected chi connectivity index (χ2v) is 10.6. The van der Waals surface area contributed by atoms with E-state index in [9.17, 15) is 4.79 Å². The normalized spacial score (nSPS) is 16.1. The van der Waals surface area contributed by atoms with E-state index < -0.39 is 0 Å². The lowest BCUT2D eigenvalue weighted by Crippen LogP contribution is -2.48. The van der Waals surface area contributed by atoms with E-state index in [2.05, 4.69) is 46.6 Å². The topological polar surface area (TPSA) is 78.0 Å². The van der Waals surface area contributed by atoms with Crippen LogP contribution in [0.15, 0.2) is 33.8 Å². The van der Waals surface area contributed by atoms with Gasteiger partial charge < -0.3 is 9.88 Å². The Balaban J connectivity index is 1.33. The third kappa shape index (κ3) is 4.32. The van der Waals surface area contributed by atoms with Crippen LogP contribution in [0.4, 0.5) is 5.82 Å². The van der Waals surface area contributed by atoms with Crippen molar-refractivity contribution in [3.8, 4) is 10.4 Å². The second kappa shape index (κ2) is 8.96. The molecule has 0 spiro atoms. The minimum absolute atomic E-state index is 0.0369. The lowest BCUT2D eigenvalue weighted by atomic mass is 10.2.